The number of hydrogen-bond donors (Lipinski definition) is 2. The first-order chi connectivity index (χ1) is 9.05. The predicted octanol–water partition coefficient (Wildman–Crippen LogP) is 3.03. The Hall–Kier alpha value is -1.61. The molecular formula is C16H20N2O. The summed E-state index contributed by atoms with van der Waals surface area (Å²) in [5, 5.41) is 9.46. The fraction of sp³-hybridized carbons (Fsp3) is 0.438. The number of benzene rings is 1. The maximum atomic E-state index is 9.46. The average molecular weight is 256 g/mol. The SMILES string of the molecule is Cc1cc(C)c(-c2cnc(C3(CO)CC3)[nH]2)cc1C. The Bertz CT molecular complexity index is 624. The fourth-order valence-electron chi connectivity index (χ4n) is 2.60. The number of aliphatic hydroxyl groups excluding tert-OH is 1. The minimum Gasteiger partial charge on any atom is -0.395 e. The molecule has 3 heteroatoms. The molecule has 1 aromatic carbocycles. The second kappa shape index (κ2) is 4.20. The molecule has 0 unspecified atom stereocenters. The van der Waals surface area contributed by atoms with Crippen LogP contribution in [0.25, 0.3) is 11.3 Å². The summed E-state index contributed by atoms with van der Waals surface area (Å²) in [7, 11) is 0. The van der Waals surface area contributed by atoms with Crippen molar-refractivity contribution >= 4 is 0 Å². The van der Waals surface area contributed by atoms with Crippen LogP contribution >= 0.6 is 0 Å². The third-order valence-corrected chi connectivity index (χ3v) is 4.37. The van der Waals surface area contributed by atoms with Crippen molar-refractivity contribution in [3.05, 3.63) is 40.8 Å². The van der Waals surface area contributed by atoms with Crippen LogP contribution in [0.4, 0.5) is 0 Å². The third kappa shape index (κ3) is 1.98. The first-order valence-corrected chi connectivity index (χ1v) is 6.80. The van der Waals surface area contributed by atoms with E-state index in [2.05, 4.69) is 42.9 Å². The summed E-state index contributed by atoms with van der Waals surface area (Å²) in [5.74, 6) is 0.933. The lowest BCUT2D eigenvalue weighted by atomic mass is 9.99. The molecule has 1 aromatic heterocycles. The number of aromatic amines is 1. The van der Waals surface area contributed by atoms with Crippen LogP contribution in [0.15, 0.2) is 18.3 Å². The Morgan fingerprint density at radius 3 is 2.47 bits per heavy atom. The van der Waals surface area contributed by atoms with Gasteiger partial charge in [-0.2, -0.15) is 0 Å². The summed E-state index contributed by atoms with van der Waals surface area (Å²) >= 11 is 0. The van der Waals surface area contributed by atoms with Gasteiger partial charge in [0.1, 0.15) is 5.82 Å². The van der Waals surface area contributed by atoms with Gasteiger partial charge in [-0.3, -0.25) is 0 Å². The smallest absolute Gasteiger partial charge is 0.115 e. The van der Waals surface area contributed by atoms with Crippen molar-refractivity contribution in [2.75, 3.05) is 6.61 Å². The van der Waals surface area contributed by atoms with E-state index in [0.29, 0.717) is 0 Å². The highest BCUT2D eigenvalue weighted by atomic mass is 16.3. The number of H-pyrrole nitrogens is 1. The maximum absolute atomic E-state index is 9.46. The van der Waals surface area contributed by atoms with E-state index in [1.165, 1.54) is 22.3 Å². The number of aromatic nitrogens is 2. The van der Waals surface area contributed by atoms with Gasteiger partial charge >= 0.3 is 0 Å². The lowest BCUT2D eigenvalue weighted by Gasteiger charge is -2.09. The monoisotopic (exact) mass is 256 g/mol. The van der Waals surface area contributed by atoms with Gasteiger partial charge in [-0.1, -0.05) is 6.07 Å². The molecule has 100 valence electrons. The third-order valence-electron chi connectivity index (χ3n) is 4.37. The molecule has 2 N–H and O–H groups in total. The number of nitrogens with one attached hydrogen (secondary N) is 1. The summed E-state index contributed by atoms with van der Waals surface area (Å²) in [6, 6.07) is 4.42. The van der Waals surface area contributed by atoms with E-state index in [0.717, 1.165) is 24.4 Å². The number of imidazole rings is 1. The second-order valence-electron chi connectivity index (χ2n) is 5.84. The molecule has 1 fully saturated rings. The van der Waals surface area contributed by atoms with Crippen LogP contribution in [0.5, 0.6) is 0 Å². The lowest BCUT2D eigenvalue weighted by Crippen LogP contribution is -2.13. The zero-order valence-corrected chi connectivity index (χ0v) is 11.7. The van der Waals surface area contributed by atoms with E-state index < -0.39 is 0 Å². The Morgan fingerprint density at radius 1 is 1.16 bits per heavy atom. The fourth-order valence-corrected chi connectivity index (χ4v) is 2.60. The molecule has 1 heterocycles. The summed E-state index contributed by atoms with van der Waals surface area (Å²) in [5.41, 5.74) is 6.03. The molecule has 1 saturated carbocycles. The van der Waals surface area contributed by atoms with Crippen molar-refractivity contribution in [2.24, 2.45) is 0 Å². The van der Waals surface area contributed by atoms with Crippen molar-refractivity contribution in [3.63, 3.8) is 0 Å². The van der Waals surface area contributed by atoms with Crippen LogP contribution in [0, 0.1) is 20.8 Å². The molecule has 2 aromatic rings. The van der Waals surface area contributed by atoms with Gasteiger partial charge < -0.3 is 10.1 Å². The molecule has 0 bridgehead atoms. The largest absolute Gasteiger partial charge is 0.395 e. The Balaban J connectivity index is 2.02. The molecule has 0 amide bonds. The summed E-state index contributed by atoms with van der Waals surface area (Å²) in [6.07, 6.45) is 3.95. The molecule has 0 saturated heterocycles. The van der Waals surface area contributed by atoms with Crippen LogP contribution < -0.4 is 0 Å². The molecule has 1 aliphatic rings. The highest BCUT2D eigenvalue weighted by Crippen LogP contribution is 2.46. The summed E-state index contributed by atoms with van der Waals surface area (Å²) < 4.78 is 0. The van der Waals surface area contributed by atoms with E-state index in [4.69, 9.17) is 0 Å². The molecule has 0 spiro atoms. The van der Waals surface area contributed by atoms with Gasteiger partial charge in [-0.25, -0.2) is 4.98 Å². The topological polar surface area (TPSA) is 48.9 Å². The number of rotatable bonds is 3. The van der Waals surface area contributed by atoms with Gasteiger partial charge in [-0.15, -0.1) is 0 Å². The number of hydrogen-bond acceptors (Lipinski definition) is 2. The van der Waals surface area contributed by atoms with Gasteiger partial charge in [0.15, 0.2) is 0 Å². The lowest BCUT2D eigenvalue weighted by molar-refractivity contribution is 0.250. The van der Waals surface area contributed by atoms with Crippen molar-refractivity contribution in [1.29, 1.82) is 0 Å². The molecule has 3 rings (SSSR count). The molecule has 0 aliphatic heterocycles. The van der Waals surface area contributed by atoms with Gasteiger partial charge in [0, 0.05) is 5.56 Å². The van der Waals surface area contributed by atoms with Crippen molar-refractivity contribution in [1.82, 2.24) is 9.97 Å². The Morgan fingerprint density at radius 2 is 1.84 bits per heavy atom. The average Bonchev–Trinajstić information content (AvgIpc) is 3.04. The second-order valence-corrected chi connectivity index (χ2v) is 5.84. The van der Waals surface area contributed by atoms with Crippen LogP contribution in [0.2, 0.25) is 0 Å². The van der Waals surface area contributed by atoms with E-state index in [-0.39, 0.29) is 12.0 Å². The zero-order chi connectivity index (χ0) is 13.6. The first kappa shape index (κ1) is 12.4. The van der Waals surface area contributed by atoms with Gasteiger partial charge in [0.25, 0.3) is 0 Å². The molecular weight excluding hydrogens is 236 g/mol. The van der Waals surface area contributed by atoms with Gasteiger partial charge in [-0.05, 0) is 56.4 Å². The minimum absolute atomic E-state index is 0.0914. The van der Waals surface area contributed by atoms with Gasteiger partial charge in [0.05, 0.1) is 23.9 Å². The van der Waals surface area contributed by atoms with E-state index in [1.54, 1.807) is 0 Å². The van der Waals surface area contributed by atoms with Crippen molar-refractivity contribution < 1.29 is 5.11 Å². The molecule has 0 atom stereocenters. The Labute approximate surface area is 113 Å². The highest BCUT2D eigenvalue weighted by molar-refractivity contribution is 5.65. The van der Waals surface area contributed by atoms with E-state index >= 15 is 0 Å². The van der Waals surface area contributed by atoms with Crippen LogP contribution in [0.3, 0.4) is 0 Å². The quantitative estimate of drug-likeness (QED) is 0.886. The summed E-state index contributed by atoms with van der Waals surface area (Å²) in [6.45, 7) is 6.58. The molecule has 0 radical (unpaired) electrons. The van der Waals surface area contributed by atoms with Gasteiger partial charge in [0.2, 0.25) is 0 Å². The molecule has 1 aliphatic carbocycles. The Kier molecular flexibility index (Phi) is 2.75. The first-order valence-electron chi connectivity index (χ1n) is 6.80. The highest BCUT2D eigenvalue weighted by Gasteiger charge is 2.46. The number of nitrogens with zero attached hydrogens (tertiary/aromatic N) is 1. The maximum Gasteiger partial charge on any atom is 0.115 e. The predicted molar refractivity (Wildman–Crippen MR) is 76.2 cm³/mol. The molecule has 19 heavy (non-hydrogen) atoms. The van der Waals surface area contributed by atoms with Crippen LogP contribution in [0.1, 0.15) is 35.4 Å². The van der Waals surface area contributed by atoms with Crippen molar-refractivity contribution in [2.45, 2.75) is 39.0 Å². The number of aliphatic hydroxyl groups is 1. The van der Waals surface area contributed by atoms with E-state index in [9.17, 15) is 5.11 Å². The normalized spacial score (nSPS) is 16.6. The zero-order valence-electron chi connectivity index (χ0n) is 11.7. The standard InChI is InChI=1S/C16H20N2O/c1-10-6-12(3)13(7-11(10)2)14-8-17-15(18-14)16(9-19)4-5-16/h6-8,19H,4-5,9H2,1-3H3,(H,17,18). The number of aryl methyl sites for hydroxylation is 3. The van der Waals surface area contributed by atoms with Crippen LogP contribution in [-0.4, -0.2) is 21.7 Å². The van der Waals surface area contributed by atoms with E-state index in [1.807, 2.05) is 6.20 Å². The molecule has 3 nitrogen and oxygen atoms in total. The minimum atomic E-state index is -0.0914. The van der Waals surface area contributed by atoms with Crippen molar-refractivity contribution in [3.8, 4) is 11.3 Å². The van der Waals surface area contributed by atoms with Crippen LogP contribution in [-0.2, 0) is 5.41 Å². The summed E-state index contributed by atoms with van der Waals surface area (Å²) in [4.78, 5) is 7.87.